The normalized spacial score (nSPS) is 10.9. The molecule has 3 aromatic rings. The Morgan fingerprint density at radius 3 is 2.76 bits per heavy atom. The lowest BCUT2D eigenvalue weighted by Crippen LogP contribution is -1.79. The molecule has 0 amide bonds. The minimum atomic E-state index is 0.152. The average molecular weight is 246 g/mol. The van der Waals surface area contributed by atoms with Crippen molar-refractivity contribution in [3.8, 4) is 17.0 Å². The van der Waals surface area contributed by atoms with Gasteiger partial charge in [-0.2, -0.15) is 0 Å². The van der Waals surface area contributed by atoms with Crippen molar-refractivity contribution < 1.29 is 9.63 Å². The summed E-state index contributed by atoms with van der Waals surface area (Å²) in [5, 5.41) is 14.8. The lowest BCUT2D eigenvalue weighted by molar-refractivity contribution is 0.451. The van der Waals surface area contributed by atoms with Gasteiger partial charge in [0.2, 0.25) is 0 Å². The van der Waals surface area contributed by atoms with Gasteiger partial charge in [0.05, 0.1) is 10.4 Å². The van der Waals surface area contributed by atoms with E-state index in [2.05, 4.69) is 5.16 Å². The standard InChI is InChI=1S/C13H8ClNO2/c14-11-4-2-1-3-9(11)13-10-6-5-8(16)7-12(10)17-15-13/h1-7,16H. The number of aromatic hydroxyl groups is 1. The first-order valence-electron chi connectivity index (χ1n) is 5.09. The zero-order valence-corrected chi connectivity index (χ0v) is 9.48. The van der Waals surface area contributed by atoms with Gasteiger partial charge >= 0.3 is 0 Å². The molecule has 0 saturated heterocycles. The maximum absolute atomic E-state index is 9.35. The van der Waals surface area contributed by atoms with Crippen LogP contribution in [0.4, 0.5) is 0 Å². The number of fused-ring (bicyclic) bond motifs is 1. The van der Waals surface area contributed by atoms with Gasteiger partial charge in [-0.05, 0) is 18.2 Å². The number of hydrogen-bond acceptors (Lipinski definition) is 3. The highest BCUT2D eigenvalue weighted by Gasteiger charge is 2.12. The fourth-order valence-electron chi connectivity index (χ4n) is 1.77. The van der Waals surface area contributed by atoms with E-state index in [0.29, 0.717) is 16.3 Å². The molecule has 0 radical (unpaired) electrons. The quantitative estimate of drug-likeness (QED) is 0.708. The maximum atomic E-state index is 9.35. The smallest absolute Gasteiger partial charge is 0.171 e. The van der Waals surface area contributed by atoms with Crippen molar-refractivity contribution in [2.45, 2.75) is 0 Å². The molecule has 3 rings (SSSR count). The van der Waals surface area contributed by atoms with Crippen molar-refractivity contribution in [1.29, 1.82) is 0 Å². The summed E-state index contributed by atoms with van der Waals surface area (Å²) in [4.78, 5) is 0. The Hall–Kier alpha value is -2.00. The van der Waals surface area contributed by atoms with Crippen LogP contribution in [-0.2, 0) is 0 Å². The SMILES string of the molecule is Oc1ccc2c(-c3ccccc3Cl)noc2c1. The lowest BCUT2D eigenvalue weighted by atomic mass is 10.1. The first-order chi connectivity index (χ1) is 8.25. The Bertz CT molecular complexity index is 691. The molecule has 0 aliphatic heterocycles. The van der Waals surface area contributed by atoms with Gasteiger partial charge in [0.15, 0.2) is 5.58 Å². The number of rotatable bonds is 1. The fraction of sp³-hybridized carbons (Fsp3) is 0. The van der Waals surface area contributed by atoms with Crippen molar-refractivity contribution in [3.05, 3.63) is 47.5 Å². The molecule has 0 saturated carbocycles. The molecule has 0 spiro atoms. The Morgan fingerprint density at radius 2 is 1.94 bits per heavy atom. The van der Waals surface area contributed by atoms with Gasteiger partial charge in [-0.3, -0.25) is 0 Å². The summed E-state index contributed by atoms with van der Waals surface area (Å²) in [6.07, 6.45) is 0. The third kappa shape index (κ3) is 1.65. The molecule has 1 heterocycles. The Kier molecular flexibility index (Phi) is 2.27. The van der Waals surface area contributed by atoms with Crippen molar-refractivity contribution >= 4 is 22.6 Å². The highest BCUT2D eigenvalue weighted by Crippen LogP contribution is 2.33. The molecule has 4 heteroatoms. The number of aromatic nitrogens is 1. The molecule has 1 aromatic heterocycles. The lowest BCUT2D eigenvalue weighted by Gasteiger charge is -1.99. The van der Waals surface area contributed by atoms with Crippen LogP contribution in [0.5, 0.6) is 5.75 Å². The largest absolute Gasteiger partial charge is 0.508 e. The van der Waals surface area contributed by atoms with E-state index < -0.39 is 0 Å². The van der Waals surface area contributed by atoms with E-state index in [1.165, 1.54) is 6.07 Å². The molecule has 0 atom stereocenters. The minimum Gasteiger partial charge on any atom is -0.508 e. The highest BCUT2D eigenvalue weighted by atomic mass is 35.5. The van der Waals surface area contributed by atoms with E-state index in [-0.39, 0.29) is 5.75 Å². The summed E-state index contributed by atoms with van der Waals surface area (Å²) in [6, 6.07) is 12.3. The Labute approximate surface area is 102 Å². The molecule has 0 fully saturated rings. The topological polar surface area (TPSA) is 46.3 Å². The monoisotopic (exact) mass is 245 g/mol. The van der Waals surface area contributed by atoms with E-state index in [0.717, 1.165) is 10.9 Å². The molecule has 0 bridgehead atoms. The average Bonchev–Trinajstić information content (AvgIpc) is 2.72. The van der Waals surface area contributed by atoms with Crippen LogP contribution in [0.15, 0.2) is 47.0 Å². The van der Waals surface area contributed by atoms with Crippen LogP contribution in [-0.4, -0.2) is 10.3 Å². The third-order valence-corrected chi connectivity index (χ3v) is 2.91. The Morgan fingerprint density at radius 1 is 1.12 bits per heavy atom. The molecule has 0 unspecified atom stereocenters. The summed E-state index contributed by atoms with van der Waals surface area (Å²) in [5.74, 6) is 0.152. The van der Waals surface area contributed by atoms with Crippen LogP contribution in [0.1, 0.15) is 0 Å². The molecule has 17 heavy (non-hydrogen) atoms. The molecular formula is C13H8ClNO2. The number of phenolic OH excluding ortho intramolecular Hbond substituents is 1. The molecule has 84 valence electrons. The zero-order valence-electron chi connectivity index (χ0n) is 8.72. The van der Waals surface area contributed by atoms with Crippen LogP contribution in [0.25, 0.3) is 22.2 Å². The van der Waals surface area contributed by atoms with Crippen molar-refractivity contribution in [2.24, 2.45) is 0 Å². The van der Waals surface area contributed by atoms with Crippen molar-refractivity contribution in [3.63, 3.8) is 0 Å². The van der Waals surface area contributed by atoms with Gasteiger partial charge in [-0.1, -0.05) is 35.0 Å². The van der Waals surface area contributed by atoms with Crippen LogP contribution in [0.3, 0.4) is 0 Å². The molecule has 1 N–H and O–H groups in total. The van der Waals surface area contributed by atoms with Gasteiger partial charge in [-0.25, -0.2) is 0 Å². The predicted molar refractivity (Wildman–Crippen MR) is 66.1 cm³/mol. The van der Waals surface area contributed by atoms with Gasteiger partial charge in [0, 0.05) is 11.6 Å². The number of nitrogens with zero attached hydrogens (tertiary/aromatic N) is 1. The van der Waals surface area contributed by atoms with Crippen LogP contribution < -0.4 is 0 Å². The van der Waals surface area contributed by atoms with E-state index in [9.17, 15) is 5.11 Å². The number of phenols is 1. The maximum Gasteiger partial charge on any atom is 0.171 e. The first kappa shape index (κ1) is 10.2. The summed E-state index contributed by atoms with van der Waals surface area (Å²) >= 11 is 6.12. The fourth-order valence-corrected chi connectivity index (χ4v) is 2.00. The number of halogens is 1. The molecule has 3 nitrogen and oxygen atoms in total. The van der Waals surface area contributed by atoms with Crippen molar-refractivity contribution in [1.82, 2.24) is 5.16 Å². The predicted octanol–water partition coefficient (Wildman–Crippen LogP) is 3.85. The summed E-state index contributed by atoms with van der Waals surface area (Å²) in [5.41, 5.74) is 2.05. The van der Waals surface area contributed by atoms with Crippen LogP contribution >= 0.6 is 11.6 Å². The molecule has 0 aliphatic rings. The molecular weight excluding hydrogens is 238 g/mol. The zero-order chi connectivity index (χ0) is 11.8. The van der Waals surface area contributed by atoms with Gasteiger partial charge in [-0.15, -0.1) is 0 Å². The van der Waals surface area contributed by atoms with Gasteiger partial charge in [0.25, 0.3) is 0 Å². The molecule has 2 aromatic carbocycles. The van der Waals surface area contributed by atoms with E-state index in [4.69, 9.17) is 16.1 Å². The summed E-state index contributed by atoms with van der Waals surface area (Å²) in [6.45, 7) is 0. The summed E-state index contributed by atoms with van der Waals surface area (Å²) < 4.78 is 5.17. The van der Waals surface area contributed by atoms with E-state index in [1.54, 1.807) is 18.2 Å². The molecule has 0 aliphatic carbocycles. The summed E-state index contributed by atoms with van der Waals surface area (Å²) in [7, 11) is 0. The minimum absolute atomic E-state index is 0.152. The Balaban J connectivity index is 2.29. The van der Waals surface area contributed by atoms with Crippen molar-refractivity contribution in [2.75, 3.05) is 0 Å². The highest BCUT2D eigenvalue weighted by molar-refractivity contribution is 6.33. The number of benzene rings is 2. The van der Waals surface area contributed by atoms with E-state index >= 15 is 0 Å². The second-order valence-electron chi connectivity index (χ2n) is 3.69. The van der Waals surface area contributed by atoms with Crippen LogP contribution in [0, 0.1) is 0 Å². The van der Waals surface area contributed by atoms with Gasteiger partial charge < -0.3 is 9.63 Å². The third-order valence-electron chi connectivity index (χ3n) is 2.58. The first-order valence-corrected chi connectivity index (χ1v) is 5.47. The van der Waals surface area contributed by atoms with Crippen LogP contribution in [0.2, 0.25) is 5.02 Å². The second-order valence-corrected chi connectivity index (χ2v) is 4.10. The second kappa shape index (κ2) is 3.79. The van der Waals surface area contributed by atoms with Gasteiger partial charge in [0.1, 0.15) is 11.4 Å². The van der Waals surface area contributed by atoms with E-state index in [1.807, 2.05) is 18.2 Å². The number of hydrogen-bond donors (Lipinski definition) is 1.